The molecule has 1 aliphatic rings. The molecule has 1 saturated carbocycles. The number of benzene rings is 1. The van der Waals surface area contributed by atoms with Crippen LogP contribution in [0.15, 0.2) is 39.0 Å². The summed E-state index contributed by atoms with van der Waals surface area (Å²) in [6, 6.07) is 9.94. The quantitative estimate of drug-likeness (QED) is 0.682. The molecule has 2 aromatic rings. The maximum Gasteiger partial charge on any atom is 0.238 e. The van der Waals surface area contributed by atoms with E-state index >= 15 is 0 Å². The number of thioether (sulfide) groups is 2. The average molecular weight is 381 g/mol. The molecule has 0 unspecified atom stereocenters. The number of nitrogens with two attached hydrogens (primary N) is 1. The van der Waals surface area contributed by atoms with E-state index in [1.807, 2.05) is 30.3 Å². The minimum Gasteiger partial charge on any atom is -0.369 e. The first-order valence-corrected chi connectivity index (χ1v) is 10.1. The van der Waals surface area contributed by atoms with Crippen LogP contribution < -0.4 is 11.1 Å². The van der Waals surface area contributed by atoms with Crippen molar-refractivity contribution in [2.75, 3.05) is 5.75 Å². The van der Waals surface area contributed by atoms with E-state index in [1.54, 1.807) is 0 Å². The standard InChI is InChI=1S/C15H16N4O2S3/c16-11(20)8-22-14-18-19-15(24-14)23-12(9-4-2-1-3-5-9)13(21)17-10-6-7-10/h1-5,10,12H,6-8H2,(H2,16,20)(H,17,21)/t12-/m1/s1. The molecule has 3 N–H and O–H groups in total. The van der Waals surface area contributed by atoms with E-state index in [-0.39, 0.29) is 16.9 Å². The second-order valence-corrected chi connectivity index (χ2v) is 8.83. The van der Waals surface area contributed by atoms with Crippen LogP contribution in [0.1, 0.15) is 23.7 Å². The lowest BCUT2D eigenvalue weighted by atomic mass is 10.1. The molecule has 0 saturated heterocycles. The Kier molecular flexibility index (Phi) is 5.75. The number of nitrogens with one attached hydrogen (secondary N) is 1. The molecule has 9 heteroatoms. The van der Waals surface area contributed by atoms with Crippen LogP contribution in [0, 0.1) is 0 Å². The number of hydrogen-bond acceptors (Lipinski definition) is 7. The van der Waals surface area contributed by atoms with Crippen LogP contribution in [0.5, 0.6) is 0 Å². The smallest absolute Gasteiger partial charge is 0.238 e. The Morgan fingerprint density at radius 2 is 1.96 bits per heavy atom. The highest BCUT2D eigenvalue weighted by Crippen LogP contribution is 2.39. The highest BCUT2D eigenvalue weighted by atomic mass is 32.2. The van der Waals surface area contributed by atoms with Gasteiger partial charge < -0.3 is 11.1 Å². The Balaban J connectivity index is 1.71. The van der Waals surface area contributed by atoms with Crippen molar-refractivity contribution in [3.63, 3.8) is 0 Å². The van der Waals surface area contributed by atoms with Crippen LogP contribution in [0.2, 0.25) is 0 Å². The van der Waals surface area contributed by atoms with Crippen LogP contribution in [0.3, 0.4) is 0 Å². The number of carbonyl (C=O) groups is 2. The largest absolute Gasteiger partial charge is 0.369 e. The lowest BCUT2D eigenvalue weighted by Gasteiger charge is -2.15. The number of aromatic nitrogens is 2. The van der Waals surface area contributed by atoms with Crippen molar-refractivity contribution in [1.29, 1.82) is 0 Å². The Labute approximate surface area is 152 Å². The van der Waals surface area contributed by atoms with Gasteiger partial charge in [-0.3, -0.25) is 9.59 Å². The van der Waals surface area contributed by atoms with Gasteiger partial charge in [0, 0.05) is 6.04 Å². The Hall–Kier alpha value is -1.58. The predicted molar refractivity (Wildman–Crippen MR) is 96.0 cm³/mol. The van der Waals surface area contributed by atoms with Gasteiger partial charge >= 0.3 is 0 Å². The van der Waals surface area contributed by atoms with Gasteiger partial charge in [-0.1, -0.05) is 65.2 Å². The highest BCUT2D eigenvalue weighted by Gasteiger charge is 2.29. The summed E-state index contributed by atoms with van der Waals surface area (Å²) in [7, 11) is 0. The molecular weight excluding hydrogens is 364 g/mol. The summed E-state index contributed by atoms with van der Waals surface area (Å²) in [5.41, 5.74) is 6.07. The third kappa shape index (κ3) is 4.96. The Bertz CT molecular complexity index is 719. The van der Waals surface area contributed by atoms with E-state index in [4.69, 9.17) is 5.73 Å². The molecule has 1 aliphatic carbocycles. The van der Waals surface area contributed by atoms with Crippen LogP contribution in [0.4, 0.5) is 0 Å². The van der Waals surface area contributed by atoms with Crippen molar-refractivity contribution >= 4 is 46.7 Å². The summed E-state index contributed by atoms with van der Waals surface area (Å²) in [6.07, 6.45) is 2.09. The molecule has 1 fully saturated rings. The van der Waals surface area contributed by atoms with Crippen LogP contribution in [0.25, 0.3) is 0 Å². The lowest BCUT2D eigenvalue weighted by molar-refractivity contribution is -0.120. The summed E-state index contributed by atoms with van der Waals surface area (Å²) in [5.74, 6) is -0.227. The first-order valence-electron chi connectivity index (χ1n) is 7.38. The summed E-state index contributed by atoms with van der Waals surface area (Å²) in [6.45, 7) is 0. The fourth-order valence-corrected chi connectivity index (χ4v) is 4.90. The molecule has 126 valence electrons. The molecule has 1 aromatic heterocycles. The van der Waals surface area contributed by atoms with Crippen molar-refractivity contribution in [2.45, 2.75) is 32.8 Å². The number of rotatable bonds is 8. The van der Waals surface area contributed by atoms with Gasteiger partial charge in [-0.2, -0.15) is 0 Å². The molecule has 1 aromatic carbocycles. The minimum atomic E-state index is -0.393. The van der Waals surface area contributed by atoms with Gasteiger partial charge in [0.2, 0.25) is 11.8 Å². The zero-order valence-electron chi connectivity index (χ0n) is 12.7. The summed E-state index contributed by atoms with van der Waals surface area (Å²) in [4.78, 5) is 23.4. The highest BCUT2D eigenvalue weighted by molar-refractivity contribution is 8.04. The van der Waals surface area contributed by atoms with Crippen molar-refractivity contribution in [2.24, 2.45) is 5.73 Å². The molecule has 24 heavy (non-hydrogen) atoms. The van der Waals surface area contributed by atoms with E-state index < -0.39 is 5.91 Å². The van der Waals surface area contributed by atoms with Gasteiger partial charge in [-0.15, -0.1) is 10.2 Å². The first-order chi connectivity index (χ1) is 11.6. The lowest BCUT2D eigenvalue weighted by Crippen LogP contribution is -2.29. The Morgan fingerprint density at radius 1 is 1.25 bits per heavy atom. The molecule has 3 rings (SSSR count). The zero-order chi connectivity index (χ0) is 16.9. The minimum absolute atomic E-state index is 0.00441. The second-order valence-electron chi connectivity index (χ2n) is 5.28. The number of primary amides is 1. The van der Waals surface area contributed by atoms with Gasteiger partial charge in [0.05, 0.1) is 5.75 Å². The van der Waals surface area contributed by atoms with Crippen molar-refractivity contribution < 1.29 is 9.59 Å². The molecule has 1 heterocycles. The van der Waals surface area contributed by atoms with E-state index in [2.05, 4.69) is 15.5 Å². The molecule has 6 nitrogen and oxygen atoms in total. The maximum absolute atomic E-state index is 12.6. The number of carbonyl (C=O) groups excluding carboxylic acids is 2. The van der Waals surface area contributed by atoms with Gasteiger partial charge in [0.15, 0.2) is 8.68 Å². The summed E-state index contributed by atoms with van der Waals surface area (Å²) >= 11 is 4.00. The third-order valence-electron chi connectivity index (χ3n) is 3.21. The van der Waals surface area contributed by atoms with Crippen molar-refractivity contribution in [3.8, 4) is 0 Å². The summed E-state index contributed by atoms with van der Waals surface area (Å²) in [5, 5.41) is 10.8. The topological polar surface area (TPSA) is 98.0 Å². The fraction of sp³-hybridized carbons (Fsp3) is 0.333. The van der Waals surface area contributed by atoms with E-state index in [1.165, 1.54) is 34.9 Å². The van der Waals surface area contributed by atoms with Gasteiger partial charge in [-0.05, 0) is 18.4 Å². The number of hydrogen-bond donors (Lipinski definition) is 2. The SMILES string of the molecule is NC(=O)CSc1nnc(S[C@@H](C(=O)NC2CC2)c2ccccc2)s1. The first kappa shape index (κ1) is 17.2. The van der Waals surface area contributed by atoms with Gasteiger partial charge in [0.25, 0.3) is 0 Å². The average Bonchev–Trinajstić information content (AvgIpc) is 3.27. The van der Waals surface area contributed by atoms with Crippen molar-refractivity contribution in [1.82, 2.24) is 15.5 Å². The van der Waals surface area contributed by atoms with Gasteiger partial charge in [-0.25, -0.2) is 0 Å². The molecule has 0 spiro atoms. The van der Waals surface area contributed by atoms with Gasteiger partial charge in [0.1, 0.15) is 5.25 Å². The van der Waals surface area contributed by atoms with E-state index in [9.17, 15) is 9.59 Å². The van der Waals surface area contributed by atoms with Crippen LogP contribution in [-0.4, -0.2) is 33.8 Å². The third-order valence-corrected chi connectivity index (χ3v) is 6.63. The van der Waals surface area contributed by atoms with Crippen molar-refractivity contribution in [3.05, 3.63) is 35.9 Å². The molecule has 0 aliphatic heterocycles. The summed E-state index contributed by atoms with van der Waals surface area (Å²) < 4.78 is 1.37. The number of nitrogens with zero attached hydrogens (tertiary/aromatic N) is 2. The van der Waals surface area contributed by atoms with Crippen LogP contribution >= 0.6 is 34.9 Å². The molecule has 2 amide bonds. The monoisotopic (exact) mass is 380 g/mol. The molecular formula is C15H16N4O2S3. The fourth-order valence-electron chi connectivity index (χ4n) is 1.94. The maximum atomic E-state index is 12.6. The normalized spacial score (nSPS) is 15.0. The molecule has 0 radical (unpaired) electrons. The van der Waals surface area contributed by atoms with E-state index in [0.717, 1.165) is 18.4 Å². The van der Waals surface area contributed by atoms with Crippen LogP contribution in [-0.2, 0) is 9.59 Å². The van der Waals surface area contributed by atoms with E-state index in [0.29, 0.717) is 14.7 Å². The zero-order valence-corrected chi connectivity index (χ0v) is 15.1. The predicted octanol–water partition coefficient (Wildman–Crippen LogP) is 2.23. The molecule has 0 bridgehead atoms. The Morgan fingerprint density at radius 3 is 2.62 bits per heavy atom. The molecule has 1 atom stereocenters. The second kappa shape index (κ2) is 8.00. The number of amides is 2.